The molecule has 0 aliphatic rings. The van der Waals surface area contributed by atoms with Crippen molar-refractivity contribution in [3.05, 3.63) is 53.3 Å². The quantitative estimate of drug-likeness (QED) is 0.703. The van der Waals surface area contributed by atoms with Crippen LogP contribution in [-0.4, -0.2) is 9.78 Å². The highest BCUT2D eigenvalue weighted by atomic mass is 15.3. The molecule has 0 saturated carbocycles. The van der Waals surface area contributed by atoms with Crippen LogP contribution in [0.15, 0.2) is 36.5 Å². The minimum absolute atomic E-state index is 0.961. The normalized spacial score (nSPS) is 10.4. The van der Waals surface area contributed by atoms with E-state index in [1.807, 2.05) is 24.0 Å². The first kappa shape index (κ1) is 9.00. The first-order valence-corrected chi connectivity index (χ1v) is 4.79. The standard InChI is InChI=1S/C12H14N2/c1-10-9-13-14(2)12(10)8-11-6-4-3-5-7-11/h3-7,9H,8H2,1-2H3. The molecule has 0 radical (unpaired) electrons. The Morgan fingerprint density at radius 1 is 1.21 bits per heavy atom. The Bertz CT molecular complexity index is 396. The van der Waals surface area contributed by atoms with Crippen molar-refractivity contribution in [3.63, 3.8) is 0 Å². The fourth-order valence-corrected chi connectivity index (χ4v) is 1.62. The number of nitrogens with zero attached hydrogens (tertiary/aromatic N) is 2. The Morgan fingerprint density at radius 3 is 2.50 bits per heavy atom. The van der Waals surface area contributed by atoms with Crippen LogP contribution in [0.25, 0.3) is 0 Å². The molecule has 0 bridgehead atoms. The van der Waals surface area contributed by atoms with Crippen molar-refractivity contribution < 1.29 is 0 Å². The van der Waals surface area contributed by atoms with Gasteiger partial charge in [-0.2, -0.15) is 5.10 Å². The Balaban J connectivity index is 2.27. The first-order chi connectivity index (χ1) is 6.77. The molecule has 1 aromatic heterocycles. The van der Waals surface area contributed by atoms with Gasteiger partial charge in [-0.3, -0.25) is 4.68 Å². The van der Waals surface area contributed by atoms with E-state index in [0.717, 1.165) is 6.42 Å². The van der Waals surface area contributed by atoms with Crippen LogP contribution in [0.3, 0.4) is 0 Å². The van der Waals surface area contributed by atoms with Gasteiger partial charge in [-0.1, -0.05) is 30.3 Å². The summed E-state index contributed by atoms with van der Waals surface area (Å²) in [6.07, 6.45) is 2.88. The van der Waals surface area contributed by atoms with E-state index in [2.05, 4.69) is 36.3 Å². The number of hydrogen-bond donors (Lipinski definition) is 0. The third-order valence-electron chi connectivity index (χ3n) is 2.48. The smallest absolute Gasteiger partial charge is 0.0521 e. The number of benzene rings is 1. The van der Waals surface area contributed by atoms with Crippen LogP contribution in [0.4, 0.5) is 0 Å². The Labute approximate surface area is 84.2 Å². The Morgan fingerprint density at radius 2 is 1.93 bits per heavy atom. The van der Waals surface area contributed by atoms with Crippen LogP contribution in [0, 0.1) is 6.92 Å². The van der Waals surface area contributed by atoms with Gasteiger partial charge in [-0.15, -0.1) is 0 Å². The molecular formula is C12H14N2. The molecule has 0 saturated heterocycles. The van der Waals surface area contributed by atoms with E-state index >= 15 is 0 Å². The topological polar surface area (TPSA) is 17.8 Å². The van der Waals surface area contributed by atoms with Crippen LogP contribution in [0.2, 0.25) is 0 Å². The summed E-state index contributed by atoms with van der Waals surface area (Å²) >= 11 is 0. The lowest BCUT2D eigenvalue weighted by Crippen LogP contribution is -2.00. The van der Waals surface area contributed by atoms with Gasteiger partial charge in [0.25, 0.3) is 0 Å². The van der Waals surface area contributed by atoms with E-state index in [-0.39, 0.29) is 0 Å². The molecule has 1 aromatic carbocycles. The minimum Gasteiger partial charge on any atom is -0.272 e. The molecule has 2 heteroatoms. The SMILES string of the molecule is Cc1cnn(C)c1Cc1ccccc1. The molecule has 72 valence electrons. The molecule has 0 unspecified atom stereocenters. The van der Waals surface area contributed by atoms with Crippen LogP contribution in [0.5, 0.6) is 0 Å². The molecule has 2 rings (SSSR count). The molecule has 1 heterocycles. The summed E-state index contributed by atoms with van der Waals surface area (Å²) in [6.45, 7) is 2.10. The number of hydrogen-bond acceptors (Lipinski definition) is 1. The van der Waals surface area contributed by atoms with Gasteiger partial charge in [0, 0.05) is 19.2 Å². The van der Waals surface area contributed by atoms with E-state index in [9.17, 15) is 0 Å². The predicted octanol–water partition coefficient (Wildman–Crippen LogP) is 2.32. The van der Waals surface area contributed by atoms with Gasteiger partial charge in [-0.25, -0.2) is 0 Å². The third-order valence-corrected chi connectivity index (χ3v) is 2.48. The van der Waals surface area contributed by atoms with E-state index in [0.29, 0.717) is 0 Å². The molecule has 0 amide bonds. The summed E-state index contributed by atoms with van der Waals surface area (Å²) in [5.74, 6) is 0. The largest absolute Gasteiger partial charge is 0.272 e. The highest BCUT2D eigenvalue weighted by Gasteiger charge is 2.04. The molecule has 0 N–H and O–H groups in total. The van der Waals surface area contributed by atoms with Crippen molar-refractivity contribution in [2.24, 2.45) is 7.05 Å². The predicted molar refractivity (Wildman–Crippen MR) is 57.2 cm³/mol. The molecule has 2 nitrogen and oxygen atoms in total. The maximum atomic E-state index is 4.23. The second-order valence-corrected chi connectivity index (χ2v) is 3.56. The second-order valence-electron chi connectivity index (χ2n) is 3.56. The average molecular weight is 186 g/mol. The van der Waals surface area contributed by atoms with Gasteiger partial charge in [0.2, 0.25) is 0 Å². The second kappa shape index (κ2) is 3.66. The third kappa shape index (κ3) is 1.69. The number of aryl methyl sites for hydroxylation is 2. The van der Waals surface area contributed by atoms with Crippen LogP contribution >= 0.6 is 0 Å². The Hall–Kier alpha value is -1.57. The van der Waals surface area contributed by atoms with E-state index in [4.69, 9.17) is 0 Å². The molecule has 0 atom stereocenters. The van der Waals surface area contributed by atoms with Crippen LogP contribution < -0.4 is 0 Å². The van der Waals surface area contributed by atoms with Crippen molar-refractivity contribution in [1.82, 2.24) is 9.78 Å². The summed E-state index contributed by atoms with van der Waals surface area (Å²) in [7, 11) is 1.99. The molecule has 0 spiro atoms. The van der Waals surface area contributed by atoms with Crippen molar-refractivity contribution in [2.45, 2.75) is 13.3 Å². The zero-order chi connectivity index (χ0) is 9.97. The highest BCUT2D eigenvalue weighted by Crippen LogP contribution is 2.11. The van der Waals surface area contributed by atoms with Gasteiger partial charge in [-0.05, 0) is 18.1 Å². The van der Waals surface area contributed by atoms with Gasteiger partial charge >= 0.3 is 0 Å². The molecule has 14 heavy (non-hydrogen) atoms. The molecular weight excluding hydrogens is 172 g/mol. The lowest BCUT2D eigenvalue weighted by molar-refractivity contribution is 0.723. The van der Waals surface area contributed by atoms with Gasteiger partial charge in [0.05, 0.1) is 6.20 Å². The zero-order valence-electron chi connectivity index (χ0n) is 8.57. The lowest BCUT2D eigenvalue weighted by atomic mass is 10.1. The van der Waals surface area contributed by atoms with Gasteiger partial charge in [0.1, 0.15) is 0 Å². The van der Waals surface area contributed by atoms with Crippen LogP contribution in [-0.2, 0) is 13.5 Å². The summed E-state index contributed by atoms with van der Waals surface area (Å²) < 4.78 is 1.95. The minimum atomic E-state index is 0.961. The van der Waals surface area contributed by atoms with Crippen molar-refractivity contribution in [1.29, 1.82) is 0 Å². The van der Waals surface area contributed by atoms with E-state index < -0.39 is 0 Å². The summed E-state index contributed by atoms with van der Waals surface area (Å²) in [6, 6.07) is 10.5. The van der Waals surface area contributed by atoms with Crippen LogP contribution in [0.1, 0.15) is 16.8 Å². The maximum absolute atomic E-state index is 4.23. The monoisotopic (exact) mass is 186 g/mol. The van der Waals surface area contributed by atoms with Gasteiger partial charge in [0.15, 0.2) is 0 Å². The zero-order valence-corrected chi connectivity index (χ0v) is 8.57. The Kier molecular flexibility index (Phi) is 2.35. The highest BCUT2D eigenvalue weighted by molar-refractivity contribution is 5.25. The van der Waals surface area contributed by atoms with Gasteiger partial charge < -0.3 is 0 Å². The maximum Gasteiger partial charge on any atom is 0.0521 e. The first-order valence-electron chi connectivity index (χ1n) is 4.79. The van der Waals surface area contributed by atoms with E-state index in [1.165, 1.54) is 16.8 Å². The molecule has 0 fully saturated rings. The van der Waals surface area contributed by atoms with E-state index in [1.54, 1.807) is 0 Å². The fraction of sp³-hybridized carbons (Fsp3) is 0.250. The van der Waals surface area contributed by atoms with Crippen molar-refractivity contribution in [2.75, 3.05) is 0 Å². The summed E-state index contributed by atoms with van der Waals surface area (Å²) in [4.78, 5) is 0. The summed E-state index contributed by atoms with van der Waals surface area (Å²) in [5, 5.41) is 4.23. The molecule has 0 aliphatic carbocycles. The fourth-order valence-electron chi connectivity index (χ4n) is 1.62. The number of aromatic nitrogens is 2. The van der Waals surface area contributed by atoms with Crippen molar-refractivity contribution in [3.8, 4) is 0 Å². The molecule has 0 aliphatic heterocycles. The van der Waals surface area contributed by atoms with Crippen molar-refractivity contribution >= 4 is 0 Å². The lowest BCUT2D eigenvalue weighted by Gasteiger charge is -2.03. The summed E-state index contributed by atoms with van der Waals surface area (Å²) in [5.41, 5.74) is 3.88. The molecule has 2 aromatic rings. The average Bonchev–Trinajstić information content (AvgIpc) is 2.51. The number of rotatable bonds is 2.